The number of ether oxygens (including phenoxy) is 1. The van der Waals surface area contributed by atoms with Crippen molar-refractivity contribution in [3.05, 3.63) is 32.2 Å². The molecule has 0 spiro atoms. The Balaban J connectivity index is 3.32. The van der Waals surface area contributed by atoms with E-state index >= 15 is 0 Å². The van der Waals surface area contributed by atoms with Crippen molar-refractivity contribution in [2.75, 3.05) is 7.11 Å². The van der Waals surface area contributed by atoms with E-state index in [0.717, 1.165) is 13.2 Å². The van der Waals surface area contributed by atoms with E-state index in [9.17, 15) is 18.4 Å². The molecule has 1 N–H and O–H groups in total. The molecular formula is C8H6BrF2NO3. The van der Waals surface area contributed by atoms with Gasteiger partial charge in [0.15, 0.2) is 0 Å². The summed E-state index contributed by atoms with van der Waals surface area (Å²) in [7, 11) is 1.12. The molecule has 0 atom stereocenters. The summed E-state index contributed by atoms with van der Waals surface area (Å²) in [5.74, 6) is -0.798. The molecule has 0 unspecified atom stereocenters. The summed E-state index contributed by atoms with van der Waals surface area (Å²) in [5, 5.41) is 0. The maximum atomic E-state index is 12.3. The molecule has 15 heavy (non-hydrogen) atoms. The number of nitrogens with one attached hydrogen (secondary N) is 1. The van der Waals surface area contributed by atoms with Crippen LogP contribution in [0.1, 0.15) is 22.5 Å². The average molecular weight is 282 g/mol. The molecule has 0 aliphatic carbocycles. The fourth-order valence-electron chi connectivity index (χ4n) is 0.962. The van der Waals surface area contributed by atoms with Crippen LogP contribution < -0.4 is 5.56 Å². The molecule has 0 radical (unpaired) electrons. The van der Waals surface area contributed by atoms with Crippen molar-refractivity contribution in [3.63, 3.8) is 0 Å². The molecule has 0 aliphatic rings. The molecule has 1 rings (SSSR count). The number of carbonyl (C=O) groups excluding carboxylic acids is 1. The van der Waals surface area contributed by atoms with Gasteiger partial charge in [0.25, 0.3) is 12.0 Å². The predicted molar refractivity (Wildman–Crippen MR) is 51.1 cm³/mol. The molecule has 1 aromatic heterocycles. The molecule has 0 aromatic carbocycles. The third-order valence-electron chi connectivity index (χ3n) is 1.64. The van der Waals surface area contributed by atoms with Crippen molar-refractivity contribution in [2.24, 2.45) is 0 Å². The van der Waals surface area contributed by atoms with Crippen molar-refractivity contribution < 1.29 is 18.3 Å². The van der Waals surface area contributed by atoms with Gasteiger partial charge in [-0.15, -0.1) is 0 Å². The SMILES string of the molecule is COC(=O)c1cc(Br)c(C(F)F)c(=O)[nH]1. The van der Waals surface area contributed by atoms with Gasteiger partial charge in [-0.3, -0.25) is 4.79 Å². The summed E-state index contributed by atoms with van der Waals surface area (Å²) in [4.78, 5) is 24.2. The molecular weight excluding hydrogens is 276 g/mol. The lowest BCUT2D eigenvalue weighted by Gasteiger charge is -2.04. The summed E-state index contributed by atoms with van der Waals surface area (Å²) in [6.07, 6.45) is -2.91. The number of H-pyrrole nitrogens is 1. The minimum absolute atomic E-state index is 0.123. The van der Waals surface area contributed by atoms with Crippen LogP contribution in [0.3, 0.4) is 0 Å². The van der Waals surface area contributed by atoms with Gasteiger partial charge in [-0.2, -0.15) is 0 Å². The number of alkyl halides is 2. The van der Waals surface area contributed by atoms with Crippen LogP contribution in [0, 0.1) is 0 Å². The van der Waals surface area contributed by atoms with Crippen LogP contribution in [-0.4, -0.2) is 18.1 Å². The van der Waals surface area contributed by atoms with E-state index in [4.69, 9.17) is 0 Å². The van der Waals surface area contributed by atoms with Gasteiger partial charge in [0.2, 0.25) is 0 Å². The van der Waals surface area contributed by atoms with Crippen molar-refractivity contribution in [1.82, 2.24) is 4.98 Å². The number of halogens is 3. The van der Waals surface area contributed by atoms with E-state index in [2.05, 4.69) is 20.7 Å². The number of methoxy groups -OCH3 is 1. The Kier molecular flexibility index (Phi) is 3.57. The van der Waals surface area contributed by atoms with Crippen LogP contribution in [0.25, 0.3) is 0 Å². The monoisotopic (exact) mass is 281 g/mol. The number of aromatic amines is 1. The lowest BCUT2D eigenvalue weighted by atomic mass is 10.2. The smallest absolute Gasteiger partial charge is 0.354 e. The molecule has 4 nitrogen and oxygen atoms in total. The second-order valence-electron chi connectivity index (χ2n) is 2.57. The van der Waals surface area contributed by atoms with Gasteiger partial charge in [-0.1, -0.05) is 15.9 Å². The molecule has 0 fully saturated rings. The number of hydrogen-bond donors (Lipinski definition) is 1. The molecule has 0 saturated heterocycles. The first-order valence-electron chi connectivity index (χ1n) is 3.76. The maximum absolute atomic E-state index is 12.3. The highest BCUT2D eigenvalue weighted by Crippen LogP contribution is 2.23. The zero-order valence-electron chi connectivity index (χ0n) is 7.51. The maximum Gasteiger partial charge on any atom is 0.354 e. The molecule has 1 aromatic rings. The van der Waals surface area contributed by atoms with Crippen LogP contribution >= 0.6 is 15.9 Å². The Morgan fingerprint density at radius 1 is 1.60 bits per heavy atom. The Morgan fingerprint density at radius 3 is 2.60 bits per heavy atom. The summed E-state index contributed by atoms with van der Waals surface area (Å²) in [6, 6.07) is 1.08. The van der Waals surface area contributed by atoms with Gasteiger partial charge in [0, 0.05) is 4.47 Å². The molecule has 0 saturated carbocycles. The Bertz CT molecular complexity index is 444. The van der Waals surface area contributed by atoms with Crippen molar-refractivity contribution >= 4 is 21.9 Å². The highest BCUT2D eigenvalue weighted by molar-refractivity contribution is 9.10. The molecule has 0 bridgehead atoms. The van der Waals surface area contributed by atoms with E-state index in [-0.39, 0.29) is 10.2 Å². The normalized spacial score (nSPS) is 10.5. The minimum atomic E-state index is -2.91. The molecule has 82 valence electrons. The van der Waals surface area contributed by atoms with Crippen molar-refractivity contribution in [3.8, 4) is 0 Å². The lowest BCUT2D eigenvalue weighted by Crippen LogP contribution is -2.18. The average Bonchev–Trinajstić information content (AvgIpc) is 2.14. The number of aromatic nitrogens is 1. The first-order valence-corrected chi connectivity index (χ1v) is 4.56. The Hall–Kier alpha value is -1.24. The first kappa shape index (κ1) is 11.8. The molecule has 7 heteroatoms. The van der Waals surface area contributed by atoms with Crippen LogP contribution in [0.5, 0.6) is 0 Å². The summed E-state index contributed by atoms with van der Waals surface area (Å²) >= 11 is 2.79. The number of esters is 1. The molecule has 0 aliphatic heterocycles. The van der Waals surface area contributed by atoms with Crippen LogP contribution in [0.15, 0.2) is 15.3 Å². The minimum Gasteiger partial charge on any atom is -0.464 e. The molecule has 1 heterocycles. The topological polar surface area (TPSA) is 59.2 Å². The summed E-state index contributed by atoms with van der Waals surface area (Å²) in [6.45, 7) is 0. The Morgan fingerprint density at radius 2 is 2.20 bits per heavy atom. The van der Waals surface area contributed by atoms with Gasteiger partial charge in [-0.25, -0.2) is 13.6 Å². The fourth-order valence-corrected chi connectivity index (χ4v) is 1.54. The fraction of sp³-hybridized carbons (Fsp3) is 0.250. The summed E-state index contributed by atoms with van der Waals surface area (Å²) in [5.41, 5.74) is -1.90. The van der Waals surface area contributed by atoms with Gasteiger partial charge in [-0.05, 0) is 6.07 Å². The van der Waals surface area contributed by atoms with Crippen LogP contribution in [0.2, 0.25) is 0 Å². The van der Waals surface area contributed by atoms with Crippen molar-refractivity contribution in [2.45, 2.75) is 6.43 Å². The van der Waals surface area contributed by atoms with E-state index < -0.39 is 23.5 Å². The van der Waals surface area contributed by atoms with Gasteiger partial charge < -0.3 is 9.72 Å². The van der Waals surface area contributed by atoms with Gasteiger partial charge in [0.05, 0.1) is 12.7 Å². The quantitative estimate of drug-likeness (QED) is 0.842. The number of rotatable bonds is 2. The predicted octanol–water partition coefficient (Wildman–Crippen LogP) is 1.86. The zero-order chi connectivity index (χ0) is 11.6. The standard InChI is InChI=1S/C8H6BrF2NO3/c1-15-8(14)4-2-3(9)5(6(10)11)7(13)12-4/h2,6H,1H3,(H,12,13). The second-order valence-corrected chi connectivity index (χ2v) is 3.42. The molecule has 0 amide bonds. The van der Waals surface area contributed by atoms with Gasteiger partial charge in [0.1, 0.15) is 5.69 Å². The van der Waals surface area contributed by atoms with E-state index in [0.29, 0.717) is 0 Å². The van der Waals surface area contributed by atoms with Crippen molar-refractivity contribution in [1.29, 1.82) is 0 Å². The highest BCUT2D eigenvalue weighted by Gasteiger charge is 2.19. The van der Waals surface area contributed by atoms with Crippen LogP contribution in [-0.2, 0) is 4.74 Å². The first-order chi connectivity index (χ1) is 6.97. The lowest BCUT2D eigenvalue weighted by molar-refractivity contribution is 0.0593. The van der Waals surface area contributed by atoms with E-state index in [1.807, 2.05) is 4.98 Å². The van der Waals surface area contributed by atoms with E-state index in [1.165, 1.54) is 0 Å². The van der Waals surface area contributed by atoms with Crippen LogP contribution in [0.4, 0.5) is 8.78 Å². The number of carbonyl (C=O) groups is 1. The third kappa shape index (κ3) is 2.41. The number of pyridine rings is 1. The Labute approximate surface area is 91.4 Å². The highest BCUT2D eigenvalue weighted by atomic mass is 79.9. The zero-order valence-corrected chi connectivity index (χ0v) is 9.10. The van der Waals surface area contributed by atoms with Gasteiger partial charge >= 0.3 is 5.97 Å². The van der Waals surface area contributed by atoms with E-state index in [1.54, 1.807) is 0 Å². The third-order valence-corrected chi connectivity index (χ3v) is 2.30. The summed E-state index contributed by atoms with van der Waals surface area (Å²) < 4.78 is 28.9. The number of hydrogen-bond acceptors (Lipinski definition) is 3. The second kappa shape index (κ2) is 4.52. The largest absolute Gasteiger partial charge is 0.464 e.